The van der Waals surface area contributed by atoms with Gasteiger partial charge in [0.25, 0.3) is 5.56 Å². The second-order valence-electron chi connectivity index (χ2n) is 5.24. The summed E-state index contributed by atoms with van der Waals surface area (Å²) in [5.41, 5.74) is 7.20. The lowest BCUT2D eigenvalue weighted by atomic mass is 9.94. The van der Waals surface area contributed by atoms with Crippen LogP contribution in [0.2, 0.25) is 0 Å². The van der Waals surface area contributed by atoms with E-state index in [1.54, 1.807) is 6.20 Å². The van der Waals surface area contributed by atoms with Gasteiger partial charge in [0.05, 0.1) is 18.4 Å². The number of allylic oxidation sites excluding steroid dienone is 2. The van der Waals surface area contributed by atoms with Gasteiger partial charge in [0.2, 0.25) is 5.95 Å². The summed E-state index contributed by atoms with van der Waals surface area (Å²) >= 11 is 0. The first-order valence-corrected chi connectivity index (χ1v) is 7.05. The van der Waals surface area contributed by atoms with Crippen LogP contribution < -0.4 is 16.6 Å². The standard InChI is InChI=1S/C14H16N6O2/c15-14-19-12-11(13(22)20-14)18-10(6-17-12)5-16-9-3-1-8(7-21)2-4-9/h3,6-8,16H,1-2,4-5H2,(H3,15,17,19,20,22). The lowest BCUT2D eigenvalue weighted by molar-refractivity contribution is -0.111. The molecule has 0 aromatic carbocycles. The molecule has 0 radical (unpaired) electrons. The molecule has 1 atom stereocenters. The fourth-order valence-electron chi connectivity index (χ4n) is 2.40. The number of H-pyrrole nitrogens is 1. The van der Waals surface area contributed by atoms with E-state index >= 15 is 0 Å². The summed E-state index contributed by atoms with van der Waals surface area (Å²) < 4.78 is 0. The fourth-order valence-corrected chi connectivity index (χ4v) is 2.40. The minimum absolute atomic E-state index is 0.0229. The Morgan fingerprint density at radius 3 is 3.05 bits per heavy atom. The molecule has 0 bridgehead atoms. The highest BCUT2D eigenvalue weighted by Gasteiger charge is 2.13. The van der Waals surface area contributed by atoms with Gasteiger partial charge >= 0.3 is 0 Å². The first kappa shape index (κ1) is 14.2. The van der Waals surface area contributed by atoms with Crippen LogP contribution in [0.5, 0.6) is 0 Å². The van der Waals surface area contributed by atoms with Gasteiger partial charge in [0, 0.05) is 11.6 Å². The van der Waals surface area contributed by atoms with Gasteiger partial charge in [-0.3, -0.25) is 9.78 Å². The van der Waals surface area contributed by atoms with E-state index in [2.05, 4.69) is 25.3 Å². The van der Waals surface area contributed by atoms with E-state index in [1.165, 1.54) is 0 Å². The van der Waals surface area contributed by atoms with Gasteiger partial charge < -0.3 is 15.8 Å². The molecule has 0 amide bonds. The van der Waals surface area contributed by atoms with Crippen molar-refractivity contribution in [2.24, 2.45) is 5.92 Å². The number of aldehydes is 1. The molecule has 0 saturated carbocycles. The number of aromatic nitrogens is 4. The normalized spacial score (nSPS) is 18.0. The number of carbonyl (C=O) groups excluding carboxylic acids is 1. The zero-order valence-electron chi connectivity index (χ0n) is 11.9. The Kier molecular flexibility index (Phi) is 3.82. The zero-order chi connectivity index (χ0) is 15.5. The Bertz CT molecular complexity index is 798. The number of carbonyl (C=O) groups is 1. The molecule has 1 unspecified atom stereocenters. The van der Waals surface area contributed by atoms with Crippen molar-refractivity contribution in [2.45, 2.75) is 25.8 Å². The molecule has 0 saturated heterocycles. The van der Waals surface area contributed by atoms with Gasteiger partial charge in [0.15, 0.2) is 11.2 Å². The van der Waals surface area contributed by atoms with Crippen LogP contribution in [0, 0.1) is 5.92 Å². The third kappa shape index (κ3) is 2.95. The number of nitrogen functional groups attached to an aromatic ring is 1. The zero-order valence-corrected chi connectivity index (χ0v) is 11.9. The maximum absolute atomic E-state index is 11.8. The van der Waals surface area contributed by atoms with Crippen molar-refractivity contribution < 1.29 is 4.79 Å². The van der Waals surface area contributed by atoms with Gasteiger partial charge in [0.1, 0.15) is 6.29 Å². The van der Waals surface area contributed by atoms with Crippen LogP contribution in [0.3, 0.4) is 0 Å². The van der Waals surface area contributed by atoms with E-state index in [-0.39, 0.29) is 23.0 Å². The Hall–Kier alpha value is -2.77. The molecule has 2 aromatic heterocycles. The number of nitrogens with two attached hydrogens (primary N) is 1. The second kappa shape index (κ2) is 5.92. The molecule has 0 aliphatic heterocycles. The predicted octanol–water partition coefficient (Wildman–Crippen LogP) is 0.268. The maximum atomic E-state index is 11.8. The number of nitrogens with zero attached hydrogens (tertiary/aromatic N) is 3. The molecule has 0 spiro atoms. The van der Waals surface area contributed by atoms with Crippen molar-refractivity contribution in [3.05, 3.63) is 34.0 Å². The van der Waals surface area contributed by atoms with Crippen molar-refractivity contribution in [3.63, 3.8) is 0 Å². The van der Waals surface area contributed by atoms with Crippen molar-refractivity contribution in [1.29, 1.82) is 0 Å². The smallest absolute Gasteiger partial charge is 0.280 e. The van der Waals surface area contributed by atoms with E-state index in [0.717, 1.165) is 31.2 Å². The predicted molar refractivity (Wildman–Crippen MR) is 80.7 cm³/mol. The Labute approximate surface area is 125 Å². The third-order valence-corrected chi connectivity index (χ3v) is 3.63. The molecule has 22 heavy (non-hydrogen) atoms. The number of aromatic amines is 1. The molecule has 114 valence electrons. The quantitative estimate of drug-likeness (QED) is 0.691. The third-order valence-electron chi connectivity index (χ3n) is 3.63. The van der Waals surface area contributed by atoms with E-state index in [4.69, 9.17) is 5.73 Å². The molecule has 8 heteroatoms. The van der Waals surface area contributed by atoms with E-state index < -0.39 is 5.56 Å². The summed E-state index contributed by atoms with van der Waals surface area (Å²) in [6.45, 7) is 0.463. The molecule has 4 N–H and O–H groups in total. The number of rotatable bonds is 4. The van der Waals surface area contributed by atoms with Crippen LogP contribution in [0.25, 0.3) is 11.2 Å². The van der Waals surface area contributed by atoms with Crippen molar-refractivity contribution in [2.75, 3.05) is 5.73 Å². The lowest BCUT2D eigenvalue weighted by Crippen LogP contribution is -2.20. The number of anilines is 1. The molecule has 8 nitrogen and oxygen atoms in total. The van der Waals surface area contributed by atoms with Crippen LogP contribution in [0.1, 0.15) is 25.0 Å². The van der Waals surface area contributed by atoms with Crippen molar-refractivity contribution in [3.8, 4) is 0 Å². The fraction of sp³-hybridized carbons (Fsp3) is 0.357. The van der Waals surface area contributed by atoms with Crippen LogP contribution in [0.4, 0.5) is 5.95 Å². The molecule has 1 aliphatic rings. The highest BCUT2D eigenvalue weighted by molar-refractivity contribution is 5.69. The van der Waals surface area contributed by atoms with Gasteiger partial charge in [-0.15, -0.1) is 0 Å². The SMILES string of the molecule is Nc1nc2ncc(CNC3=CCC(C=O)CC3)nc2c(=O)[nH]1. The largest absolute Gasteiger partial charge is 0.383 e. The first-order chi connectivity index (χ1) is 10.7. The Morgan fingerprint density at radius 2 is 2.32 bits per heavy atom. The molecule has 2 heterocycles. The van der Waals surface area contributed by atoms with Crippen molar-refractivity contribution in [1.82, 2.24) is 25.3 Å². The summed E-state index contributed by atoms with van der Waals surface area (Å²) in [6.07, 6.45) is 7.06. The minimum Gasteiger partial charge on any atom is -0.383 e. The van der Waals surface area contributed by atoms with Crippen LogP contribution >= 0.6 is 0 Å². The minimum atomic E-state index is -0.400. The average molecular weight is 300 g/mol. The maximum Gasteiger partial charge on any atom is 0.280 e. The van der Waals surface area contributed by atoms with Crippen molar-refractivity contribution >= 4 is 23.4 Å². The lowest BCUT2D eigenvalue weighted by Gasteiger charge is -2.18. The van der Waals surface area contributed by atoms with Crippen LogP contribution in [-0.4, -0.2) is 26.2 Å². The Morgan fingerprint density at radius 1 is 1.45 bits per heavy atom. The van der Waals surface area contributed by atoms with E-state index in [0.29, 0.717) is 12.2 Å². The van der Waals surface area contributed by atoms with E-state index in [9.17, 15) is 9.59 Å². The number of hydrogen-bond donors (Lipinski definition) is 3. The van der Waals surface area contributed by atoms with Crippen LogP contribution in [-0.2, 0) is 11.3 Å². The summed E-state index contributed by atoms with van der Waals surface area (Å²) in [5, 5.41) is 3.26. The molecule has 1 aliphatic carbocycles. The van der Waals surface area contributed by atoms with Crippen LogP contribution in [0.15, 0.2) is 22.8 Å². The molecule has 3 rings (SSSR count). The monoisotopic (exact) mass is 300 g/mol. The topological polar surface area (TPSA) is 127 Å². The highest BCUT2D eigenvalue weighted by Crippen LogP contribution is 2.20. The molecular formula is C14H16N6O2. The first-order valence-electron chi connectivity index (χ1n) is 7.05. The van der Waals surface area contributed by atoms with Gasteiger partial charge in [-0.2, -0.15) is 4.98 Å². The van der Waals surface area contributed by atoms with E-state index in [1.807, 2.05) is 6.08 Å². The summed E-state index contributed by atoms with van der Waals surface area (Å²) in [5.74, 6) is 0.149. The molecule has 0 fully saturated rings. The van der Waals surface area contributed by atoms with Gasteiger partial charge in [-0.05, 0) is 19.3 Å². The number of hydrogen-bond acceptors (Lipinski definition) is 7. The summed E-state index contributed by atoms with van der Waals surface area (Å²) in [6, 6.07) is 0. The van der Waals surface area contributed by atoms with Gasteiger partial charge in [-0.25, -0.2) is 9.97 Å². The summed E-state index contributed by atoms with van der Waals surface area (Å²) in [7, 11) is 0. The molecular weight excluding hydrogens is 284 g/mol. The molecule has 2 aromatic rings. The second-order valence-corrected chi connectivity index (χ2v) is 5.24. The van der Waals surface area contributed by atoms with Gasteiger partial charge in [-0.1, -0.05) is 6.08 Å². The number of fused-ring (bicyclic) bond motifs is 1. The summed E-state index contributed by atoms with van der Waals surface area (Å²) in [4.78, 5) is 37.2. The highest BCUT2D eigenvalue weighted by atomic mass is 16.1. The Balaban J connectivity index is 1.74. The average Bonchev–Trinajstić information content (AvgIpc) is 2.53. The number of nitrogens with one attached hydrogen (secondary N) is 2.